The molecule has 0 unspecified atom stereocenters. The van der Waals surface area contributed by atoms with Crippen molar-refractivity contribution in [2.24, 2.45) is 4.99 Å². The van der Waals surface area contributed by atoms with Gasteiger partial charge in [0.15, 0.2) is 0 Å². The maximum absolute atomic E-state index is 5.19. The Hall–Kier alpha value is 0.169. The van der Waals surface area contributed by atoms with Crippen molar-refractivity contribution in [3.05, 3.63) is 45.8 Å². The van der Waals surface area contributed by atoms with Gasteiger partial charge in [0.05, 0.1) is 0 Å². The molecule has 0 bridgehead atoms. The van der Waals surface area contributed by atoms with Crippen molar-refractivity contribution in [1.29, 1.82) is 0 Å². The quantitative estimate of drug-likeness (QED) is 0.665. The van der Waals surface area contributed by atoms with Crippen LogP contribution in [0.3, 0.4) is 0 Å². The normalized spacial score (nSPS) is 10.3. The Morgan fingerprint density at radius 1 is 1.28 bits per heavy atom. The second-order valence-electron chi connectivity index (χ2n) is 3.22. The van der Waals surface area contributed by atoms with Crippen LogP contribution < -0.4 is 4.87 Å². The number of aryl methyl sites for hydroxylation is 2. The topological polar surface area (TPSA) is 25.5 Å². The summed E-state index contributed by atoms with van der Waals surface area (Å²) in [6.45, 7) is 8.08. The Morgan fingerprint density at radius 2 is 1.94 bits per heavy atom. The molecule has 2 aromatic rings. The first-order chi connectivity index (χ1) is 8.29. The summed E-state index contributed by atoms with van der Waals surface area (Å²) in [7, 11) is 0. The van der Waals surface area contributed by atoms with Gasteiger partial charge in [0.25, 0.3) is 0 Å². The molecule has 2 nitrogen and oxygen atoms in total. The third kappa shape index (κ3) is 5.43. The van der Waals surface area contributed by atoms with Crippen LogP contribution in [0.25, 0.3) is 0 Å². The fraction of sp³-hybridized carbons (Fsp3) is 0.357. The van der Waals surface area contributed by atoms with E-state index in [9.17, 15) is 0 Å². The minimum atomic E-state index is 0. The fourth-order valence-corrected chi connectivity index (χ4v) is 1.92. The summed E-state index contributed by atoms with van der Waals surface area (Å²) in [5.74, 6) is 0. The van der Waals surface area contributed by atoms with Crippen LogP contribution in [0.15, 0.2) is 33.7 Å². The Labute approximate surface area is 151 Å². The zero-order valence-electron chi connectivity index (χ0n) is 11.0. The molecule has 0 saturated carbocycles. The monoisotopic (exact) mass is 422 g/mol. The van der Waals surface area contributed by atoms with E-state index in [-0.39, 0.29) is 46.9 Å². The summed E-state index contributed by atoms with van der Waals surface area (Å²) in [4.78, 5) is 6.13. The van der Waals surface area contributed by atoms with E-state index < -0.39 is 0 Å². The summed E-state index contributed by atoms with van der Waals surface area (Å²) in [6, 6.07) is 8.11. The SMILES string of the molecule is CC.CCc1ccccc1N=c1o[c-]c(C)s1.[Yb]. The average molecular weight is 421 g/mol. The van der Waals surface area contributed by atoms with E-state index in [1.807, 2.05) is 39.0 Å². The second-order valence-corrected chi connectivity index (χ2v) is 4.39. The van der Waals surface area contributed by atoms with Crippen LogP contribution >= 0.6 is 11.3 Å². The van der Waals surface area contributed by atoms with Crippen LogP contribution in [0.1, 0.15) is 31.2 Å². The predicted octanol–water partition coefficient (Wildman–Crippen LogP) is 4.27. The maximum Gasteiger partial charge on any atom is 0.116 e. The maximum atomic E-state index is 5.19. The third-order valence-corrected chi connectivity index (χ3v) is 2.85. The van der Waals surface area contributed by atoms with Gasteiger partial charge in [-0.2, -0.15) is 0 Å². The number of hydrogen-bond donors (Lipinski definition) is 0. The summed E-state index contributed by atoms with van der Waals surface area (Å²) < 4.78 is 5.19. The first-order valence-corrected chi connectivity index (χ1v) is 6.72. The van der Waals surface area contributed by atoms with Crippen LogP contribution in [0.5, 0.6) is 0 Å². The van der Waals surface area contributed by atoms with E-state index in [0.29, 0.717) is 4.87 Å². The molecule has 4 heteroatoms. The van der Waals surface area contributed by atoms with Gasteiger partial charge in [0, 0.05) is 52.6 Å². The molecule has 0 spiro atoms. The van der Waals surface area contributed by atoms with E-state index in [2.05, 4.69) is 24.2 Å². The molecular formula is C14H18NOSYb-. The summed E-state index contributed by atoms with van der Waals surface area (Å²) in [5.41, 5.74) is 2.22. The molecular weight excluding hydrogens is 403 g/mol. The minimum absolute atomic E-state index is 0. The number of rotatable bonds is 2. The van der Waals surface area contributed by atoms with E-state index in [1.165, 1.54) is 16.9 Å². The molecule has 0 aliphatic rings. The van der Waals surface area contributed by atoms with Gasteiger partial charge >= 0.3 is 0 Å². The van der Waals surface area contributed by atoms with Crippen LogP contribution in [-0.2, 0) is 6.42 Å². The van der Waals surface area contributed by atoms with Crippen molar-refractivity contribution in [2.45, 2.75) is 34.1 Å². The molecule has 1 aromatic carbocycles. The van der Waals surface area contributed by atoms with E-state index in [0.717, 1.165) is 17.0 Å². The van der Waals surface area contributed by atoms with Crippen molar-refractivity contribution in [2.75, 3.05) is 0 Å². The van der Waals surface area contributed by atoms with Crippen molar-refractivity contribution >= 4 is 17.0 Å². The van der Waals surface area contributed by atoms with E-state index >= 15 is 0 Å². The Kier molecular flexibility index (Phi) is 10.1. The molecule has 0 aliphatic carbocycles. The van der Waals surface area contributed by atoms with Gasteiger partial charge in [-0.05, 0) is 25.0 Å². The van der Waals surface area contributed by atoms with Gasteiger partial charge < -0.3 is 4.42 Å². The van der Waals surface area contributed by atoms with E-state index in [1.54, 1.807) is 0 Å². The molecule has 0 N–H and O–H groups in total. The Balaban J connectivity index is 0.000000917. The molecule has 1 heterocycles. The smallest absolute Gasteiger partial charge is 0.116 e. The van der Waals surface area contributed by atoms with E-state index in [4.69, 9.17) is 4.42 Å². The standard InChI is InChI=1S/C12H12NOS.C2H6.Yb/c1-3-10-6-4-5-7-11(10)13-12-14-8-9(2)15-12;1-2;/h4-7H,3H2,1-2H3;1-2H3;/q-1;;. The molecule has 0 amide bonds. The minimum Gasteiger partial charge on any atom is -0.621 e. The number of hydrogen-bond acceptors (Lipinski definition) is 3. The molecule has 0 radical (unpaired) electrons. The van der Waals surface area contributed by atoms with Crippen LogP contribution in [0.2, 0.25) is 0 Å². The molecule has 0 fully saturated rings. The molecule has 18 heavy (non-hydrogen) atoms. The molecule has 0 aliphatic heterocycles. The molecule has 2 rings (SSSR count). The number of benzene rings is 1. The first-order valence-electron chi connectivity index (χ1n) is 5.90. The van der Waals surface area contributed by atoms with Gasteiger partial charge in [-0.15, -0.1) is 0 Å². The van der Waals surface area contributed by atoms with Gasteiger partial charge in [-0.25, -0.2) is 11.3 Å². The van der Waals surface area contributed by atoms with Crippen LogP contribution in [0.4, 0.5) is 5.69 Å². The van der Waals surface area contributed by atoms with Crippen molar-refractivity contribution < 1.29 is 51.3 Å². The van der Waals surface area contributed by atoms with Gasteiger partial charge in [-0.1, -0.05) is 50.1 Å². The fourth-order valence-electron chi connectivity index (χ4n) is 1.35. The van der Waals surface area contributed by atoms with Crippen molar-refractivity contribution in [3.63, 3.8) is 0 Å². The van der Waals surface area contributed by atoms with Gasteiger partial charge in [0.1, 0.15) is 4.87 Å². The summed E-state index contributed by atoms with van der Waals surface area (Å²) in [5, 5.41) is 0. The van der Waals surface area contributed by atoms with Crippen molar-refractivity contribution in [3.8, 4) is 0 Å². The summed E-state index contributed by atoms with van der Waals surface area (Å²) >= 11 is 1.51. The second kappa shape index (κ2) is 10.0. The largest absolute Gasteiger partial charge is 0.621 e. The zero-order chi connectivity index (χ0) is 12.7. The Morgan fingerprint density at radius 3 is 2.50 bits per heavy atom. The number of para-hydroxylation sites is 1. The van der Waals surface area contributed by atoms with Crippen LogP contribution in [-0.4, -0.2) is 0 Å². The van der Waals surface area contributed by atoms with Crippen molar-refractivity contribution in [1.82, 2.24) is 0 Å². The molecule has 0 atom stereocenters. The molecule has 1 aromatic heterocycles. The first kappa shape index (κ1) is 18.2. The summed E-state index contributed by atoms with van der Waals surface area (Å²) in [6.07, 6.45) is 3.76. The number of nitrogens with zero attached hydrogens (tertiary/aromatic N) is 1. The zero-order valence-corrected chi connectivity index (χ0v) is 13.6. The Bertz CT molecular complexity index is 516. The van der Waals surface area contributed by atoms with Gasteiger partial charge in [-0.3, -0.25) is 4.99 Å². The van der Waals surface area contributed by atoms with Gasteiger partial charge in [0.2, 0.25) is 0 Å². The predicted molar refractivity (Wildman–Crippen MR) is 72.5 cm³/mol. The molecule has 0 saturated heterocycles. The average Bonchev–Trinajstić information content (AvgIpc) is 2.78. The molecule has 106 valence electrons. The third-order valence-electron chi connectivity index (χ3n) is 2.11. The van der Waals surface area contributed by atoms with Crippen LogP contribution in [0, 0.1) is 60.1 Å².